The van der Waals surface area contributed by atoms with Crippen LogP contribution in [-0.2, 0) is 10.0 Å². The Labute approximate surface area is 125 Å². The fraction of sp³-hybridized carbons (Fsp3) is 0.571. The third-order valence-electron chi connectivity index (χ3n) is 4.31. The number of hydrogen-bond donors (Lipinski definition) is 0. The Morgan fingerprint density at radius 2 is 1.90 bits per heavy atom. The predicted molar refractivity (Wildman–Crippen MR) is 79.4 cm³/mol. The molecule has 0 aromatic heterocycles. The molecule has 2 bridgehead atoms. The first kappa shape index (κ1) is 14.3. The van der Waals surface area contributed by atoms with Gasteiger partial charge in [0.25, 0.3) is 0 Å². The third-order valence-corrected chi connectivity index (χ3v) is 6.55. The minimum Gasteiger partial charge on any atom is -0.300 e. The Morgan fingerprint density at radius 1 is 1.25 bits per heavy atom. The van der Waals surface area contributed by atoms with Crippen molar-refractivity contribution in [3.8, 4) is 0 Å². The molecule has 4 nitrogen and oxygen atoms in total. The number of halogens is 1. The quantitative estimate of drug-likeness (QED) is 0.859. The average molecular weight is 315 g/mol. The molecule has 2 saturated heterocycles. The molecule has 2 aliphatic heterocycles. The Kier molecular flexibility index (Phi) is 3.79. The Hall–Kier alpha value is -0.620. The molecule has 0 N–H and O–H groups in total. The van der Waals surface area contributed by atoms with Crippen molar-refractivity contribution in [1.29, 1.82) is 0 Å². The number of rotatable bonds is 3. The van der Waals surface area contributed by atoms with Crippen molar-refractivity contribution in [2.24, 2.45) is 0 Å². The molecular formula is C14H19ClN2O2S. The molecule has 0 amide bonds. The molecule has 3 rings (SSSR count). The summed E-state index contributed by atoms with van der Waals surface area (Å²) in [4.78, 5) is 2.65. The molecule has 0 radical (unpaired) electrons. The summed E-state index contributed by atoms with van der Waals surface area (Å²) in [5, 5.41) is 0.464. The first-order chi connectivity index (χ1) is 9.52. The zero-order chi connectivity index (χ0) is 14.3. The van der Waals surface area contributed by atoms with E-state index in [0.29, 0.717) is 9.92 Å². The molecule has 0 spiro atoms. The van der Waals surface area contributed by atoms with Crippen molar-refractivity contribution >= 4 is 21.6 Å². The van der Waals surface area contributed by atoms with Crippen LogP contribution in [0.4, 0.5) is 0 Å². The normalized spacial score (nSPS) is 27.9. The lowest BCUT2D eigenvalue weighted by Crippen LogP contribution is -2.55. The van der Waals surface area contributed by atoms with Crippen LogP contribution >= 0.6 is 11.6 Å². The summed E-state index contributed by atoms with van der Waals surface area (Å²) in [5.74, 6) is 0. The van der Waals surface area contributed by atoms with Gasteiger partial charge in [-0.3, -0.25) is 0 Å². The van der Waals surface area contributed by atoms with Crippen molar-refractivity contribution in [3.63, 3.8) is 0 Å². The first-order valence-electron chi connectivity index (χ1n) is 7.04. The number of likely N-dealkylation sites (N-methyl/N-ethyl adjacent to an activating group) is 1. The molecule has 2 unspecified atom stereocenters. The lowest BCUT2D eigenvalue weighted by molar-refractivity contribution is 0.135. The molecule has 110 valence electrons. The number of benzene rings is 1. The molecule has 2 heterocycles. The molecular weight excluding hydrogens is 296 g/mol. The Morgan fingerprint density at radius 3 is 2.45 bits per heavy atom. The number of likely N-dealkylation sites (tertiary alicyclic amines) is 1. The molecule has 2 atom stereocenters. The lowest BCUT2D eigenvalue weighted by Gasteiger charge is -2.39. The number of sulfonamides is 1. The van der Waals surface area contributed by atoms with Crippen molar-refractivity contribution < 1.29 is 8.42 Å². The van der Waals surface area contributed by atoms with E-state index < -0.39 is 10.0 Å². The maximum atomic E-state index is 12.8. The van der Waals surface area contributed by atoms with E-state index in [2.05, 4.69) is 11.8 Å². The highest BCUT2D eigenvalue weighted by Gasteiger charge is 2.46. The van der Waals surface area contributed by atoms with Gasteiger partial charge in [0.15, 0.2) is 0 Å². The van der Waals surface area contributed by atoms with Crippen LogP contribution in [0.1, 0.15) is 19.8 Å². The summed E-state index contributed by atoms with van der Waals surface area (Å²) in [5.41, 5.74) is 0. The SMILES string of the molecule is CCN1CC2CCC(C1)N2S(=O)(=O)c1cccc(Cl)c1. The second-order valence-electron chi connectivity index (χ2n) is 5.53. The Balaban J connectivity index is 1.93. The molecule has 0 aliphatic carbocycles. The molecule has 2 fully saturated rings. The van der Waals surface area contributed by atoms with Gasteiger partial charge < -0.3 is 4.90 Å². The van der Waals surface area contributed by atoms with Crippen LogP contribution in [0.25, 0.3) is 0 Å². The summed E-state index contributed by atoms with van der Waals surface area (Å²) >= 11 is 5.93. The minimum atomic E-state index is -3.43. The molecule has 2 aliphatic rings. The number of piperazine rings is 1. The molecule has 20 heavy (non-hydrogen) atoms. The zero-order valence-electron chi connectivity index (χ0n) is 11.5. The second kappa shape index (κ2) is 5.30. The highest BCUT2D eigenvalue weighted by Crippen LogP contribution is 2.35. The molecule has 1 aromatic carbocycles. The van der Waals surface area contributed by atoms with Crippen molar-refractivity contribution in [2.75, 3.05) is 19.6 Å². The summed E-state index contributed by atoms with van der Waals surface area (Å²) in [6.07, 6.45) is 1.92. The first-order valence-corrected chi connectivity index (χ1v) is 8.85. The van der Waals surface area contributed by atoms with E-state index in [-0.39, 0.29) is 12.1 Å². The van der Waals surface area contributed by atoms with Crippen LogP contribution in [0.3, 0.4) is 0 Å². The van der Waals surface area contributed by atoms with Crippen LogP contribution in [-0.4, -0.2) is 49.3 Å². The van der Waals surface area contributed by atoms with E-state index in [1.165, 1.54) is 0 Å². The van der Waals surface area contributed by atoms with Crippen LogP contribution < -0.4 is 0 Å². The standard InChI is InChI=1S/C14H19ClN2O2S/c1-2-16-9-12-6-7-13(10-16)17(12)20(18,19)14-5-3-4-11(15)8-14/h3-5,8,12-13H,2,6-7,9-10H2,1H3. The highest BCUT2D eigenvalue weighted by atomic mass is 35.5. The van der Waals surface area contributed by atoms with E-state index in [1.54, 1.807) is 28.6 Å². The van der Waals surface area contributed by atoms with Gasteiger partial charge in [-0.25, -0.2) is 8.42 Å². The average Bonchev–Trinajstić information content (AvgIpc) is 2.71. The molecule has 6 heteroatoms. The number of fused-ring (bicyclic) bond motifs is 2. The lowest BCUT2D eigenvalue weighted by atomic mass is 10.2. The number of hydrogen-bond acceptors (Lipinski definition) is 3. The van der Waals surface area contributed by atoms with Gasteiger partial charge in [0.1, 0.15) is 0 Å². The summed E-state index contributed by atoms with van der Waals surface area (Å²) in [6, 6.07) is 6.79. The van der Waals surface area contributed by atoms with Crippen molar-refractivity contribution in [1.82, 2.24) is 9.21 Å². The minimum absolute atomic E-state index is 0.109. The number of nitrogens with zero attached hydrogens (tertiary/aromatic N) is 2. The Bertz CT molecular complexity index is 591. The summed E-state index contributed by atoms with van der Waals surface area (Å²) in [6.45, 7) is 4.79. The second-order valence-corrected chi connectivity index (χ2v) is 7.81. The monoisotopic (exact) mass is 314 g/mol. The van der Waals surface area contributed by atoms with E-state index in [0.717, 1.165) is 32.5 Å². The van der Waals surface area contributed by atoms with Gasteiger partial charge in [0.05, 0.1) is 4.90 Å². The van der Waals surface area contributed by atoms with Gasteiger partial charge in [0, 0.05) is 30.2 Å². The van der Waals surface area contributed by atoms with E-state index >= 15 is 0 Å². The van der Waals surface area contributed by atoms with E-state index in [9.17, 15) is 8.42 Å². The van der Waals surface area contributed by atoms with Gasteiger partial charge in [0.2, 0.25) is 10.0 Å². The molecule has 0 saturated carbocycles. The van der Waals surface area contributed by atoms with Crippen LogP contribution in [0.15, 0.2) is 29.2 Å². The highest BCUT2D eigenvalue weighted by molar-refractivity contribution is 7.89. The van der Waals surface area contributed by atoms with Crippen LogP contribution in [0, 0.1) is 0 Å². The maximum absolute atomic E-state index is 12.8. The molecule has 1 aromatic rings. The topological polar surface area (TPSA) is 40.6 Å². The van der Waals surface area contributed by atoms with E-state index in [1.807, 2.05) is 0 Å². The van der Waals surface area contributed by atoms with Crippen LogP contribution in [0.2, 0.25) is 5.02 Å². The zero-order valence-corrected chi connectivity index (χ0v) is 13.1. The largest absolute Gasteiger partial charge is 0.300 e. The van der Waals surface area contributed by atoms with Gasteiger partial charge in [-0.05, 0) is 37.6 Å². The fourth-order valence-electron chi connectivity index (χ4n) is 3.35. The van der Waals surface area contributed by atoms with Gasteiger partial charge in [-0.15, -0.1) is 0 Å². The van der Waals surface area contributed by atoms with Gasteiger partial charge >= 0.3 is 0 Å². The summed E-state index contributed by atoms with van der Waals surface area (Å²) in [7, 11) is -3.43. The van der Waals surface area contributed by atoms with Gasteiger partial charge in [-0.2, -0.15) is 4.31 Å². The van der Waals surface area contributed by atoms with Crippen molar-refractivity contribution in [3.05, 3.63) is 29.3 Å². The summed E-state index contributed by atoms with van der Waals surface area (Å²) < 4.78 is 27.4. The van der Waals surface area contributed by atoms with Crippen molar-refractivity contribution in [2.45, 2.75) is 36.7 Å². The van der Waals surface area contributed by atoms with Crippen LogP contribution in [0.5, 0.6) is 0 Å². The van der Waals surface area contributed by atoms with E-state index in [4.69, 9.17) is 11.6 Å². The smallest absolute Gasteiger partial charge is 0.243 e. The van der Waals surface area contributed by atoms with Gasteiger partial charge in [-0.1, -0.05) is 24.6 Å². The third kappa shape index (κ3) is 2.37. The fourth-order valence-corrected chi connectivity index (χ4v) is 5.51. The maximum Gasteiger partial charge on any atom is 0.243 e. The predicted octanol–water partition coefficient (Wildman–Crippen LogP) is 2.20.